The summed E-state index contributed by atoms with van der Waals surface area (Å²) in [6.07, 6.45) is 7.40. The van der Waals surface area contributed by atoms with Gasteiger partial charge in [0.25, 0.3) is 0 Å². The lowest BCUT2D eigenvalue weighted by atomic mass is 10.0. The van der Waals surface area contributed by atoms with Crippen LogP contribution in [0.1, 0.15) is 32.1 Å². The van der Waals surface area contributed by atoms with Gasteiger partial charge < -0.3 is 16.0 Å². The average Bonchev–Trinajstić information content (AvgIpc) is 3.04. The fourth-order valence-corrected chi connectivity index (χ4v) is 2.78. The van der Waals surface area contributed by atoms with Gasteiger partial charge in [-0.25, -0.2) is 0 Å². The summed E-state index contributed by atoms with van der Waals surface area (Å²) in [6.45, 7) is 2.24. The molecule has 0 spiro atoms. The third-order valence-corrected chi connectivity index (χ3v) is 3.97. The van der Waals surface area contributed by atoms with Crippen LogP contribution in [0.5, 0.6) is 0 Å². The van der Waals surface area contributed by atoms with Gasteiger partial charge in [-0.3, -0.25) is 14.3 Å². The predicted octanol–water partition coefficient (Wildman–Crippen LogP) is 0.963. The third-order valence-electron chi connectivity index (χ3n) is 3.97. The van der Waals surface area contributed by atoms with E-state index in [1.165, 1.54) is 0 Å². The van der Waals surface area contributed by atoms with Gasteiger partial charge in [0.15, 0.2) is 0 Å². The smallest absolute Gasteiger partial charge is 0.224 e. The number of halogens is 2. The summed E-state index contributed by atoms with van der Waals surface area (Å²) in [5.74, 6) is 0.0882. The molecule has 138 valence electrons. The van der Waals surface area contributed by atoms with Crippen LogP contribution < -0.4 is 11.1 Å². The van der Waals surface area contributed by atoms with Crippen LogP contribution in [0.2, 0.25) is 0 Å². The van der Waals surface area contributed by atoms with Gasteiger partial charge in [-0.2, -0.15) is 5.10 Å². The van der Waals surface area contributed by atoms with E-state index in [0.29, 0.717) is 32.5 Å². The minimum atomic E-state index is -0.0444. The first-order valence-corrected chi connectivity index (χ1v) is 7.94. The van der Waals surface area contributed by atoms with Gasteiger partial charge in [0, 0.05) is 57.5 Å². The Kier molecular flexibility index (Phi) is 11.4. The van der Waals surface area contributed by atoms with Gasteiger partial charge >= 0.3 is 0 Å². The van der Waals surface area contributed by atoms with Crippen molar-refractivity contribution in [2.75, 3.05) is 19.6 Å². The second-order valence-electron chi connectivity index (χ2n) is 5.60. The molecule has 1 aromatic rings. The average molecular weight is 380 g/mol. The number of carbonyl (C=O) groups excluding carboxylic acids is 2. The van der Waals surface area contributed by atoms with Crippen molar-refractivity contribution in [2.45, 2.75) is 44.7 Å². The Morgan fingerprint density at radius 2 is 2.04 bits per heavy atom. The lowest BCUT2D eigenvalue weighted by Crippen LogP contribution is -2.49. The van der Waals surface area contributed by atoms with Crippen molar-refractivity contribution in [1.82, 2.24) is 20.0 Å². The Bertz CT molecular complexity index is 484. The zero-order valence-electron chi connectivity index (χ0n) is 13.7. The van der Waals surface area contributed by atoms with Crippen LogP contribution in [0, 0.1) is 0 Å². The first kappa shape index (κ1) is 22.7. The van der Waals surface area contributed by atoms with Crippen molar-refractivity contribution >= 4 is 36.6 Å². The molecule has 1 aromatic heterocycles. The summed E-state index contributed by atoms with van der Waals surface area (Å²) in [5.41, 5.74) is 5.37. The minimum Gasteiger partial charge on any atom is -0.354 e. The van der Waals surface area contributed by atoms with Crippen LogP contribution in [-0.4, -0.2) is 52.2 Å². The quantitative estimate of drug-likeness (QED) is 0.737. The molecule has 1 atom stereocenters. The number of aromatic nitrogens is 2. The molecule has 1 fully saturated rings. The molecule has 24 heavy (non-hydrogen) atoms. The molecule has 0 radical (unpaired) electrons. The van der Waals surface area contributed by atoms with Crippen molar-refractivity contribution < 1.29 is 9.59 Å². The zero-order valence-corrected chi connectivity index (χ0v) is 15.4. The molecule has 0 aliphatic carbocycles. The number of nitrogens with zero attached hydrogens (tertiary/aromatic N) is 3. The van der Waals surface area contributed by atoms with Crippen LogP contribution in [0.25, 0.3) is 0 Å². The lowest BCUT2D eigenvalue weighted by molar-refractivity contribution is -0.135. The maximum atomic E-state index is 12.4. The predicted molar refractivity (Wildman–Crippen MR) is 97.4 cm³/mol. The highest BCUT2D eigenvalue weighted by Gasteiger charge is 2.26. The van der Waals surface area contributed by atoms with Crippen LogP contribution in [-0.2, 0) is 16.1 Å². The molecule has 2 heterocycles. The fraction of sp³-hybridized carbons (Fsp3) is 0.667. The molecule has 3 N–H and O–H groups in total. The van der Waals surface area contributed by atoms with E-state index in [1.807, 2.05) is 17.2 Å². The Morgan fingerprint density at radius 1 is 1.25 bits per heavy atom. The molecule has 1 saturated heterocycles. The molecule has 0 bridgehead atoms. The van der Waals surface area contributed by atoms with Crippen molar-refractivity contribution in [3.05, 3.63) is 18.5 Å². The van der Waals surface area contributed by atoms with Crippen molar-refractivity contribution in [3.8, 4) is 0 Å². The number of likely N-dealkylation sites (tertiary alicyclic amines) is 1. The molecule has 1 unspecified atom stereocenters. The number of hydrogen-bond acceptors (Lipinski definition) is 4. The highest BCUT2D eigenvalue weighted by molar-refractivity contribution is 5.85. The molecular formula is C15H27Cl2N5O2. The summed E-state index contributed by atoms with van der Waals surface area (Å²) in [5, 5.41) is 6.99. The first-order valence-electron chi connectivity index (χ1n) is 7.94. The molecule has 2 rings (SSSR count). The van der Waals surface area contributed by atoms with Crippen molar-refractivity contribution in [2.24, 2.45) is 5.73 Å². The van der Waals surface area contributed by atoms with E-state index in [9.17, 15) is 9.59 Å². The van der Waals surface area contributed by atoms with Gasteiger partial charge in [0.2, 0.25) is 11.8 Å². The topological polar surface area (TPSA) is 93.3 Å². The standard InChI is InChI=1S/C15H25N5O2.2ClH/c16-7-5-14(21)17-12-13-4-1-2-10-20(13)15(22)6-11-19-9-3-8-18-19;;/h3,8-9,13H,1-2,4-7,10-12,16H2,(H,17,21);2*1H. The Balaban J connectivity index is 0.00000264. The molecule has 1 aliphatic rings. The number of nitrogens with one attached hydrogen (secondary N) is 1. The molecule has 0 saturated carbocycles. The zero-order chi connectivity index (χ0) is 15.8. The van der Waals surface area contributed by atoms with Crippen molar-refractivity contribution in [1.29, 1.82) is 0 Å². The largest absolute Gasteiger partial charge is 0.354 e. The van der Waals surface area contributed by atoms with Gasteiger partial charge in [-0.05, 0) is 25.3 Å². The number of nitrogens with two attached hydrogens (primary N) is 1. The maximum absolute atomic E-state index is 12.4. The van der Waals surface area contributed by atoms with E-state index >= 15 is 0 Å². The van der Waals surface area contributed by atoms with Crippen LogP contribution in [0.15, 0.2) is 18.5 Å². The van der Waals surface area contributed by atoms with Crippen LogP contribution in [0.3, 0.4) is 0 Å². The van der Waals surface area contributed by atoms with Gasteiger partial charge in [-0.15, -0.1) is 24.8 Å². The number of piperidine rings is 1. The van der Waals surface area contributed by atoms with Crippen LogP contribution in [0.4, 0.5) is 0 Å². The minimum absolute atomic E-state index is 0. The number of hydrogen-bond donors (Lipinski definition) is 2. The summed E-state index contributed by atoms with van der Waals surface area (Å²) in [6, 6.07) is 1.95. The fourth-order valence-electron chi connectivity index (χ4n) is 2.78. The highest BCUT2D eigenvalue weighted by Crippen LogP contribution is 2.17. The maximum Gasteiger partial charge on any atom is 0.224 e. The highest BCUT2D eigenvalue weighted by atomic mass is 35.5. The van der Waals surface area contributed by atoms with Gasteiger partial charge in [-0.1, -0.05) is 0 Å². The first-order chi connectivity index (χ1) is 10.7. The molecule has 0 aromatic carbocycles. The van der Waals surface area contributed by atoms with E-state index in [0.717, 1.165) is 25.8 Å². The van der Waals surface area contributed by atoms with E-state index in [2.05, 4.69) is 10.4 Å². The number of rotatable bonds is 7. The number of amides is 2. The van der Waals surface area contributed by atoms with Gasteiger partial charge in [0.1, 0.15) is 0 Å². The van der Waals surface area contributed by atoms with E-state index in [-0.39, 0.29) is 42.7 Å². The molecule has 2 amide bonds. The summed E-state index contributed by atoms with van der Waals surface area (Å²) in [7, 11) is 0. The SMILES string of the molecule is Cl.Cl.NCCC(=O)NCC1CCCCN1C(=O)CCn1cccn1. The number of carbonyl (C=O) groups is 2. The molecule has 7 nitrogen and oxygen atoms in total. The lowest BCUT2D eigenvalue weighted by Gasteiger charge is -2.36. The Labute approximate surface area is 155 Å². The van der Waals surface area contributed by atoms with Crippen LogP contribution >= 0.6 is 24.8 Å². The monoisotopic (exact) mass is 379 g/mol. The van der Waals surface area contributed by atoms with E-state index in [4.69, 9.17) is 5.73 Å². The molecule has 9 heteroatoms. The second-order valence-corrected chi connectivity index (χ2v) is 5.60. The second kappa shape index (κ2) is 12.1. The molecular weight excluding hydrogens is 353 g/mol. The van der Waals surface area contributed by atoms with E-state index in [1.54, 1.807) is 10.9 Å². The normalized spacial score (nSPS) is 16.7. The third kappa shape index (κ3) is 7.07. The summed E-state index contributed by atoms with van der Waals surface area (Å²) < 4.78 is 1.76. The van der Waals surface area contributed by atoms with Crippen molar-refractivity contribution in [3.63, 3.8) is 0 Å². The summed E-state index contributed by atoms with van der Waals surface area (Å²) in [4.78, 5) is 25.9. The number of aryl methyl sites for hydroxylation is 1. The van der Waals surface area contributed by atoms with E-state index < -0.39 is 0 Å². The molecule has 1 aliphatic heterocycles. The Morgan fingerprint density at radius 3 is 2.71 bits per heavy atom. The van der Waals surface area contributed by atoms with Gasteiger partial charge in [0.05, 0.1) is 0 Å². The Hall–Kier alpha value is -1.31. The summed E-state index contributed by atoms with van der Waals surface area (Å²) >= 11 is 0.